The van der Waals surface area contributed by atoms with Crippen LogP contribution in [0.1, 0.15) is 34.1 Å². The highest BCUT2D eigenvalue weighted by Gasteiger charge is 2.38. The van der Waals surface area contributed by atoms with E-state index in [1.54, 1.807) is 17.8 Å². The highest BCUT2D eigenvalue weighted by Crippen LogP contribution is 2.35. The molecule has 122 valence electrons. The molecule has 23 heavy (non-hydrogen) atoms. The van der Waals surface area contributed by atoms with Crippen LogP contribution in [0.5, 0.6) is 0 Å². The molecule has 2 aromatic rings. The second-order valence-corrected chi connectivity index (χ2v) is 5.99. The van der Waals surface area contributed by atoms with Gasteiger partial charge in [-0.05, 0) is 43.2 Å². The number of aryl methyl sites for hydroxylation is 2. The van der Waals surface area contributed by atoms with Crippen LogP contribution in [0.15, 0.2) is 30.5 Å². The van der Waals surface area contributed by atoms with Gasteiger partial charge < -0.3 is 14.6 Å². The second-order valence-electron chi connectivity index (χ2n) is 5.99. The number of amides is 1. The maximum Gasteiger partial charge on any atom is 0.271 e. The van der Waals surface area contributed by atoms with Crippen molar-refractivity contribution in [2.45, 2.75) is 25.5 Å². The summed E-state index contributed by atoms with van der Waals surface area (Å²) >= 11 is 0. The molecule has 1 saturated heterocycles. The smallest absolute Gasteiger partial charge is 0.271 e. The third-order valence-electron chi connectivity index (χ3n) is 4.33. The molecule has 2 unspecified atom stereocenters. The zero-order valence-corrected chi connectivity index (χ0v) is 13.0. The predicted octanol–water partition coefficient (Wildman–Crippen LogP) is 2.56. The van der Waals surface area contributed by atoms with Crippen molar-refractivity contribution in [3.63, 3.8) is 0 Å². The standard InChI is InChI=1S/C17H18F2N2O2/c1-10-5-6-20(2)16(10)17(23)21-9-12(22)8-15(21)13-7-11(18)3-4-14(13)19/h3-7,12,15,22H,8-9H2,1-2H3. The summed E-state index contributed by atoms with van der Waals surface area (Å²) in [4.78, 5) is 14.3. The van der Waals surface area contributed by atoms with E-state index in [2.05, 4.69) is 0 Å². The van der Waals surface area contributed by atoms with E-state index in [4.69, 9.17) is 0 Å². The Labute approximate surface area is 133 Å². The Morgan fingerprint density at radius 2 is 2.04 bits per heavy atom. The molecule has 2 atom stereocenters. The first-order valence-electron chi connectivity index (χ1n) is 7.44. The molecule has 0 bridgehead atoms. The minimum atomic E-state index is -0.757. The Balaban J connectivity index is 2.00. The number of hydrogen-bond donors (Lipinski definition) is 1. The second kappa shape index (κ2) is 5.77. The van der Waals surface area contributed by atoms with Crippen LogP contribution in [0.2, 0.25) is 0 Å². The van der Waals surface area contributed by atoms with Gasteiger partial charge in [-0.15, -0.1) is 0 Å². The average molecular weight is 320 g/mol. The van der Waals surface area contributed by atoms with Crippen LogP contribution in [0, 0.1) is 18.6 Å². The van der Waals surface area contributed by atoms with Crippen molar-refractivity contribution < 1.29 is 18.7 Å². The number of likely N-dealkylation sites (tertiary alicyclic amines) is 1. The number of carbonyl (C=O) groups excluding carboxylic acids is 1. The van der Waals surface area contributed by atoms with Gasteiger partial charge >= 0.3 is 0 Å². The molecule has 6 heteroatoms. The van der Waals surface area contributed by atoms with Gasteiger partial charge in [-0.1, -0.05) is 0 Å². The highest BCUT2D eigenvalue weighted by atomic mass is 19.1. The van der Waals surface area contributed by atoms with Crippen LogP contribution >= 0.6 is 0 Å². The summed E-state index contributed by atoms with van der Waals surface area (Å²) < 4.78 is 29.3. The van der Waals surface area contributed by atoms with Crippen LogP contribution in [-0.4, -0.2) is 33.1 Å². The van der Waals surface area contributed by atoms with Gasteiger partial charge in [0.2, 0.25) is 0 Å². The van der Waals surface area contributed by atoms with Gasteiger partial charge in [0.15, 0.2) is 0 Å². The number of benzene rings is 1. The number of carbonyl (C=O) groups is 1. The number of halogens is 2. The largest absolute Gasteiger partial charge is 0.391 e. The third-order valence-corrected chi connectivity index (χ3v) is 4.33. The molecular formula is C17H18F2N2O2. The first-order chi connectivity index (χ1) is 10.9. The number of hydrogen-bond acceptors (Lipinski definition) is 2. The van der Waals surface area contributed by atoms with Crippen molar-refractivity contribution in [1.29, 1.82) is 0 Å². The summed E-state index contributed by atoms with van der Waals surface area (Å²) in [5.74, 6) is -1.43. The van der Waals surface area contributed by atoms with Gasteiger partial charge in [0.05, 0.1) is 12.1 Å². The summed E-state index contributed by atoms with van der Waals surface area (Å²) in [5, 5.41) is 9.96. The van der Waals surface area contributed by atoms with E-state index in [0.29, 0.717) is 5.69 Å². The maximum absolute atomic E-state index is 14.1. The Morgan fingerprint density at radius 1 is 1.30 bits per heavy atom. The minimum absolute atomic E-state index is 0.0989. The van der Waals surface area contributed by atoms with Crippen LogP contribution in [0.3, 0.4) is 0 Å². The predicted molar refractivity (Wildman–Crippen MR) is 80.9 cm³/mol. The van der Waals surface area contributed by atoms with Gasteiger partial charge in [-0.25, -0.2) is 8.78 Å². The van der Waals surface area contributed by atoms with Crippen molar-refractivity contribution in [3.05, 3.63) is 58.9 Å². The molecule has 1 aromatic heterocycles. The first kappa shape index (κ1) is 15.7. The SMILES string of the molecule is Cc1ccn(C)c1C(=O)N1CC(O)CC1c1cc(F)ccc1F. The molecule has 1 N–H and O–H groups in total. The molecule has 2 heterocycles. The Hall–Kier alpha value is -2.21. The van der Waals surface area contributed by atoms with E-state index in [-0.39, 0.29) is 24.4 Å². The molecule has 1 aliphatic heterocycles. The molecule has 1 aliphatic rings. The summed E-state index contributed by atoms with van der Waals surface area (Å²) in [6.07, 6.45) is 1.20. The van der Waals surface area contributed by atoms with E-state index in [1.807, 2.05) is 13.0 Å². The Morgan fingerprint density at radius 3 is 2.70 bits per heavy atom. The van der Waals surface area contributed by atoms with Crippen LogP contribution < -0.4 is 0 Å². The van der Waals surface area contributed by atoms with Crippen LogP contribution in [0.25, 0.3) is 0 Å². The van der Waals surface area contributed by atoms with E-state index in [1.165, 1.54) is 4.90 Å². The minimum Gasteiger partial charge on any atom is -0.391 e. The fraction of sp³-hybridized carbons (Fsp3) is 0.353. The lowest BCUT2D eigenvalue weighted by Crippen LogP contribution is -2.33. The molecule has 0 aliphatic carbocycles. The monoisotopic (exact) mass is 320 g/mol. The maximum atomic E-state index is 14.1. The number of nitrogens with zero attached hydrogens (tertiary/aromatic N) is 2. The van der Waals surface area contributed by atoms with Gasteiger partial charge in [0.25, 0.3) is 5.91 Å². The Kier molecular flexibility index (Phi) is 3.93. The summed E-state index contributed by atoms with van der Waals surface area (Å²) in [6, 6.07) is 4.32. The van der Waals surface area contributed by atoms with Crippen molar-refractivity contribution in [2.24, 2.45) is 7.05 Å². The summed E-state index contributed by atoms with van der Waals surface area (Å²) in [5.41, 5.74) is 1.39. The lowest BCUT2D eigenvalue weighted by Gasteiger charge is -2.25. The van der Waals surface area contributed by atoms with Crippen molar-refractivity contribution in [1.82, 2.24) is 9.47 Å². The molecule has 3 rings (SSSR count). The number of aromatic nitrogens is 1. The number of rotatable bonds is 2. The first-order valence-corrected chi connectivity index (χ1v) is 7.44. The molecule has 1 amide bonds. The molecule has 1 aromatic carbocycles. The third kappa shape index (κ3) is 2.74. The summed E-state index contributed by atoms with van der Waals surface area (Å²) in [6.45, 7) is 1.92. The number of aliphatic hydroxyl groups is 1. The number of β-amino-alcohol motifs (C(OH)–C–C–N with tert-alkyl or cyclic N) is 1. The topological polar surface area (TPSA) is 45.5 Å². The summed E-state index contributed by atoms with van der Waals surface area (Å²) in [7, 11) is 1.75. The van der Waals surface area contributed by atoms with E-state index in [9.17, 15) is 18.7 Å². The lowest BCUT2D eigenvalue weighted by atomic mass is 10.0. The van der Waals surface area contributed by atoms with Crippen molar-refractivity contribution in [3.8, 4) is 0 Å². The zero-order valence-electron chi connectivity index (χ0n) is 13.0. The molecule has 0 spiro atoms. The molecule has 4 nitrogen and oxygen atoms in total. The van der Waals surface area contributed by atoms with Gasteiger partial charge in [-0.3, -0.25) is 4.79 Å². The van der Waals surface area contributed by atoms with Crippen LogP contribution in [-0.2, 0) is 7.05 Å². The van der Waals surface area contributed by atoms with E-state index in [0.717, 1.165) is 23.8 Å². The van der Waals surface area contributed by atoms with E-state index >= 15 is 0 Å². The fourth-order valence-corrected chi connectivity index (χ4v) is 3.21. The zero-order chi connectivity index (χ0) is 16.7. The molecule has 0 radical (unpaired) electrons. The van der Waals surface area contributed by atoms with Crippen molar-refractivity contribution >= 4 is 5.91 Å². The van der Waals surface area contributed by atoms with E-state index < -0.39 is 23.8 Å². The average Bonchev–Trinajstić information content (AvgIpc) is 3.04. The Bertz CT molecular complexity index is 738. The fourth-order valence-electron chi connectivity index (χ4n) is 3.21. The molecule has 0 saturated carbocycles. The lowest BCUT2D eigenvalue weighted by molar-refractivity contribution is 0.0703. The van der Waals surface area contributed by atoms with Gasteiger partial charge in [0, 0.05) is 25.4 Å². The van der Waals surface area contributed by atoms with Gasteiger partial charge in [0.1, 0.15) is 17.3 Å². The molecular weight excluding hydrogens is 302 g/mol. The number of aliphatic hydroxyl groups excluding tert-OH is 1. The van der Waals surface area contributed by atoms with Crippen LogP contribution in [0.4, 0.5) is 8.78 Å². The molecule has 1 fully saturated rings. The van der Waals surface area contributed by atoms with Gasteiger partial charge in [-0.2, -0.15) is 0 Å². The van der Waals surface area contributed by atoms with Crippen molar-refractivity contribution in [2.75, 3.05) is 6.54 Å². The quantitative estimate of drug-likeness (QED) is 0.924. The normalized spacial score (nSPS) is 21.0. The highest BCUT2D eigenvalue weighted by molar-refractivity contribution is 5.94.